The predicted molar refractivity (Wildman–Crippen MR) is 120 cm³/mol. The second kappa shape index (κ2) is 13.5. The van der Waals surface area contributed by atoms with Gasteiger partial charge in [-0.1, -0.05) is 12.1 Å². The van der Waals surface area contributed by atoms with Gasteiger partial charge < -0.3 is 25.8 Å². The van der Waals surface area contributed by atoms with E-state index in [2.05, 4.69) is 20.9 Å². The number of phenols is 1. The maximum Gasteiger partial charge on any atom is 0.407 e. The van der Waals surface area contributed by atoms with Gasteiger partial charge in [0.05, 0.1) is 0 Å². The molecule has 0 saturated heterocycles. The van der Waals surface area contributed by atoms with E-state index in [4.69, 9.17) is 4.74 Å². The number of nitrogens with one attached hydrogen (secondary N) is 3. The molecule has 1 amide bonds. The lowest BCUT2D eigenvalue weighted by Crippen LogP contribution is -2.39. The lowest BCUT2D eigenvalue weighted by molar-refractivity contribution is 0.0527. The van der Waals surface area contributed by atoms with Gasteiger partial charge >= 0.3 is 6.09 Å². The fourth-order valence-electron chi connectivity index (χ4n) is 2.18. The number of rotatable bonds is 8. The van der Waals surface area contributed by atoms with E-state index < -0.39 is 11.7 Å². The Bertz CT molecular complexity index is 571. The van der Waals surface area contributed by atoms with Crippen LogP contribution in [0.25, 0.3) is 0 Å². The van der Waals surface area contributed by atoms with Gasteiger partial charge in [-0.15, -0.1) is 24.0 Å². The molecule has 1 aromatic rings. The van der Waals surface area contributed by atoms with Gasteiger partial charge in [0.2, 0.25) is 0 Å². The van der Waals surface area contributed by atoms with Crippen molar-refractivity contribution >= 4 is 36.0 Å². The average Bonchev–Trinajstić information content (AvgIpc) is 2.56. The quantitative estimate of drug-likeness (QED) is 0.194. The number of aryl methyl sites for hydroxylation is 1. The molecule has 27 heavy (non-hydrogen) atoms. The van der Waals surface area contributed by atoms with Gasteiger partial charge in [-0.25, -0.2) is 4.79 Å². The van der Waals surface area contributed by atoms with E-state index in [0.717, 1.165) is 31.8 Å². The molecule has 1 aromatic carbocycles. The van der Waals surface area contributed by atoms with Crippen LogP contribution in [0.1, 0.15) is 39.2 Å². The van der Waals surface area contributed by atoms with Gasteiger partial charge in [0.25, 0.3) is 0 Å². The summed E-state index contributed by atoms with van der Waals surface area (Å²) in [5.41, 5.74) is 0.717. The van der Waals surface area contributed by atoms with Crippen molar-refractivity contribution in [2.24, 2.45) is 4.99 Å². The van der Waals surface area contributed by atoms with E-state index >= 15 is 0 Å². The Morgan fingerprint density at radius 1 is 1.04 bits per heavy atom. The molecule has 0 unspecified atom stereocenters. The van der Waals surface area contributed by atoms with Crippen LogP contribution in [-0.4, -0.2) is 49.4 Å². The maximum atomic E-state index is 11.5. The number of aliphatic imine (C=N–C) groups is 1. The van der Waals surface area contributed by atoms with Crippen LogP contribution in [-0.2, 0) is 11.2 Å². The standard InChI is InChI=1S/C19H32N4O3.HI/c1-19(2,3)26-18(25)23-14-6-13-22-17(20-4)21-12-5-7-15-8-10-16(24)11-9-15;/h8-11,24H,5-7,12-14H2,1-4H3,(H,23,25)(H2,20,21,22);1H. The van der Waals surface area contributed by atoms with Gasteiger partial charge in [-0.3, -0.25) is 4.99 Å². The van der Waals surface area contributed by atoms with Crippen LogP contribution in [0.4, 0.5) is 4.79 Å². The molecule has 0 aliphatic rings. The SMILES string of the molecule is CN=C(NCCCNC(=O)OC(C)(C)C)NCCCc1ccc(O)cc1.I. The summed E-state index contributed by atoms with van der Waals surface area (Å²) < 4.78 is 5.17. The summed E-state index contributed by atoms with van der Waals surface area (Å²) >= 11 is 0. The highest BCUT2D eigenvalue weighted by atomic mass is 127. The molecule has 1 rings (SSSR count). The van der Waals surface area contributed by atoms with Crippen molar-refractivity contribution in [3.63, 3.8) is 0 Å². The lowest BCUT2D eigenvalue weighted by Gasteiger charge is -2.19. The number of carbonyl (C=O) groups is 1. The van der Waals surface area contributed by atoms with Gasteiger partial charge in [-0.2, -0.15) is 0 Å². The second-order valence-electron chi connectivity index (χ2n) is 6.98. The van der Waals surface area contributed by atoms with E-state index in [1.54, 1.807) is 19.2 Å². The Morgan fingerprint density at radius 3 is 2.15 bits per heavy atom. The number of carbonyl (C=O) groups excluding carboxylic acids is 1. The van der Waals surface area contributed by atoms with Crippen LogP contribution in [0, 0.1) is 0 Å². The van der Waals surface area contributed by atoms with E-state index in [1.807, 2.05) is 32.9 Å². The zero-order valence-electron chi connectivity index (χ0n) is 16.7. The normalized spacial score (nSPS) is 11.3. The predicted octanol–water partition coefficient (Wildman–Crippen LogP) is 3.02. The summed E-state index contributed by atoms with van der Waals surface area (Å²) in [4.78, 5) is 15.7. The Labute approximate surface area is 179 Å². The first-order valence-corrected chi connectivity index (χ1v) is 8.99. The number of nitrogens with zero attached hydrogens (tertiary/aromatic N) is 1. The lowest BCUT2D eigenvalue weighted by atomic mass is 10.1. The van der Waals surface area contributed by atoms with Crippen molar-refractivity contribution < 1.29 is 14.6 Å². The van der Waals surface area contributed by atoms with Crippen LogP contribution in [0.2, 0.25) is 0 Å². The number of hydrogen-bond acceptors (Lipinski definition) is 4. The molecule has 0 aliphatic carbocycles. The zero-order chi connectivity index (χ0) is 19.4. The first kappa shape index (κ1) is 25.3. The number of amides is 1. The number of alkyl carbamates (subject to hydrolysis) is 1. The monoisotopic (exact) mass is 492 g/mol. The number of ether oxygens (including phenoxy) is 1. The minimum Gasteiger partial charge on any atom is -0.508 e. The third-order valence-corrected chi connectivity index (χ3v) is 3.41. The van der Waals surface area contributed by atoms with Gasteiger partial charge in [0, 0.05) is 26.7 Å². The summed E-state index contributed by atoms with van der Waals surface area (Å²) in [6, 6.07) is 7.27. The van der Waals surface area contributed by atoms with Crippen LogP contribution in [0.5, 0.6) is 5.75 Å². The second-order valence-corrected chi connectivity index (χ2v) is 6.98. The average molecular weight is 492 g/mol. The number of halogens is 1. The number of benzene rings is 1. The molecule has 0 bridgehead atoms. The van der Waals surface area contributed by atoms with Crippen LogP contribution < -0.4 is 16.0 Å². The molecule has 0 aromatic heterocycles. The van der Waals surface area contributed by atoms with Crippen LogP contribution in [0.3, 0.4) is 0 Å². The van der Waals surface area contributed by atoms with E-state index in [1.165, 1.54) is 5.56 Å². The first-order chi connectivity index (χ1) is 12.3. The van der Waals surface area contributed by atoms with Crippen molar-refractivity contribution in [2.45, 2.75) is 45.6 Å². The molecule has 0 aliphatic heterocycles. The third-order valence-electron chi connectivity index (χ3n) is 3.41. The van der Waals surface area contributed by atoms with Gasteiger partial charge in [0.15, 0.2) is 5.96 Å². The molecule has 0 heterocycles. The van der Waals surface area contributed by atoms with Crippen molar-refractivity contribution in [1.82, 2.24) is 16.0 Å². The Hall–Kier alpha value is -1.71. The molecular weight excluding hydrogens is 459 g/mol. The number of hydrogen-bond donors (Lipinski definition) is 4. The Balaban J connectivity index is 0.00000676. The summed E-state index contributed by atoms with van der Waals surface area (Å²) in [7, 11) is 1.73. The Morgan fingerprint density at radius 2 is 1.59 bits per heavy atom. The first-order valence-electron chi connectivity index (χ1n) is 8.99. The molecule has 0 atom stereocenters. The molecule has 0 radical (unpaired) electrons. The fourth-order valence-corrected chi connectivity index (χ4v) is 2.18. The van der Waals surface area contributed by atoms with Crippen LogP contribution in [0.15, 0.2) is 29.3 Å². The highest BCUT2D eigenvalue weighted by molar-refractivity contribution is 14.0. The molecule has 154 valence electrons. The molecular formula is C19H33IN4O3. The van der Waals surface area contributed by atoms with E-state index in [9.17, 15) is 9.90 Å². The molecule has 8 heteroatoms. The number of aromatic hydroxyl groups is 1. The minimum absolute atomic E-state index is 0. The summed E-state index contributed by atoms with van der Waals surface area (Å²) in [6.07, 6.45) is 2.28. The van der Waals surface area contributed by atoms with Gasteiger partial charge in [0.1, 0.15) is 11.4 Å². The molecule has 4 N–H and O–H groups in total. The summed E-state index contributed by atoms with van der Waals surface area (Å²) in [6.45, 7) is 7.56. The minimum atomic E-state index is -0.478. The van der Waals surface area contributed by atoms with Crippen molar-refractivity contribution in [2.75, 3.05) is 26.7 Å². The molecule has 0 fully saturated rings. The largest absolute Gasteiger partial charge is 0.508 e. The zero-order valence-corrected chi connectivity index (χ0v) is 19.0. The third kappa shape index (κ3) is 13.2. The number of phenolic OH excluding ortho intramolecular Hbond substituents is 1. The number of guanidine groups is 1. The van der Waals surface area contributed by atoms with Crippen molar-refractivity contribution in [3.8, 4) is 5.75 Å². The fraction of sp³-hybridized carbons (Fsp3) is 0.579. The smallest absolute Gasteiger partial charge is 0.407 e. The highest BCUT2D eigenvalue weighted by Crippen LogP contribution is 2.10. The van der Waals surface area contributed by atoms with Crippen molar-refractivity contribution in [3.05, 3.63) is 29.8 Å². The Kier molecular flexibility index (Phi) is 12.6. The molecule has 0 saturated carbocycles. The summed E-state index contributed by atoms with van der Waals surface area (Å²) in [5, 5.41) is 18.5. The van der Waals surface area contributed by atoms with E-state index in [0.29, 0.717) is 13.1 Å². The summed E-state index contributed by atoms with van der Waals surface area (Å²) in [5.74, 6) is 1.03. The topological polar surface area (TPSA) is 95.0 Å². The van der Waals surface area contributed by atoms with E-state index in [-0.39, 0.29) is 29.7 Å². The molecule has 0 spiro atoms. The molecule has 7 nitrogen and oxygen atoms in total. The van der Waals surface area contributed by atoms with Crippen LogP contribution >= 0.6 is 24.0 Å². The highest BCUT2D eigenvalue weighted by Gasteiger charge is 2.15. The van der Waals surface area contributed by atoms with Gasteiger partial charge in [-0.05, 0) is 57.7 Å². The maximum absolute atomic E-state index is 11.5. The van der Waals surface area contributed by atoms with Crippen molar-refractivity contribution in [1.29, 1.82) is 0 Å².